The molecule has 0 saturated carbocycles. The van der Waals surface area contributed by atoms with Crippen molar-refractivity contribution in [2.75, 3.05) is 32.3 Å². The first kappa shape index (κ1) is 19.7. The van der Waals surface area contributed by atoms with E-state index < -0.39 is 0 Å². The summed E-state index contributed by atoms with van der Waals surface area (Å²) in [4.78, 5) is 22.6. The lowest BCUT2D eigenvalue weighted by Crippen LogP contribution is -2.30. The third-order valence-corrected chi connectivity index (χ3v) is 5.41. The largest absolute Gasteiger partial charge is 0.494 e. The minimum Gasteiger partial charge on any atom is -0.494 e. The van der Waals surface area contributed by atoms with Gasteiger partial charge in [0.15, 0.2) is 0 Å². The summed E-state index contributed by atoms with van der Waals surface area (Å²) in [5.74, 6) is 1.81. The fraction of sp³-hybridized carbons (Fsp3) is 0.333. The number of aromatic amines is 1. The highest BCUT2D eigenvalue weighted by molar-refractivity contribution is 5.89. The normalized spacial score (nSPS) is 16.2. The fourth-order valence-corrected chi connectivity index (χ4v) is 3.83. The van der Waals surface area contributed by atoms with Crippen molar-refractivity contribution in [3.8, 4) is 5.75 Å². The lowest BCUT2D eigenvalue weighted by atomic mass is 9.86. The van der Waals surface area contributed by atoms with Crippen LogP contribution in [0.2, 0.25) is 0 Å². The number of carbonyl (C=O) groups is 1. The summed E-state index contributed by atoms with van der Waals surface area (Å²) in [7, 11) is 5.19. The van der Waals surface area contributed by atoms with E-state index >= 15 is 0 Å². The maximum atomic E-state index is 12.3. The summed E-state index contributed by atoms with van der Waals surface area (Å²) in [5.41, 5.74) is 9.68. The zero-order chi connectivity index (χ0) is 21.3. The number of H-pyrrole nitrogens is 1. The number of anilines is 3. The smallest absolute Gasteiger partial charge is 0.225 e. The van der Waals surface area contributed by atoms with Crippen LogP contribution in [0.4, 0.5) is 17.3 Å². The van der Waals surface area contributed by atoms with Crippen LogP contribution in [0.15, 0.2) is 30.7 Å². The molecule has 0 saturated heterocycles. The number of benzene rings is 1. The van der Waals surface area contributed by atoms with Gasteiger partial charge in [0.25, 0.3) is 0 Å². The zero-order valence-electron chi connectivity index (χ0n) is 17.3. The van der Waals surface area contributed by atoms with Gasteiger partial charge in [0.2, 0.25) is 5.91 Å². The zero-order valence-corrected chi connectivity index (χ0v) is 17.3. The molecule has 1 aromatic carbocycles. The Morgan fingerprint density at radius 3 is 2.87 bits per heavy atom. The molecule has 1 aliphatic rings. The van der Waals surface area contributed by atoms with Crippen LogP contribution in [0.3, 0.4) is 0 Å². The molecule has 9 nitrogen and oxygen atoms in total. The Kier molecular flexibility index (Phi) is 5.26. The molecule has 4 rings (SSSR count). The van der Waals surface area contributed by atoms with Gasteiger partial charge in [0.05, 0.1) is 30.1 Å². The van der Waals surface area contributed by atoms with E-state index in [0.29, 0.717) is 23.8 Å². The molecule has 1 aliphatic carbocycles. The predicted molar refractivity (Wildman–Crippen MR) is 116 cm³/mol. The summed E-state index contributed by atoms with van der Waals surface area (Å²) in [5, 5.41) is 11.3. The molecule has 1 atom stereocenters. The average molecular weight is 407 g/mol. The number of nitrogen functional groups attached to an aromatic ring is 1. The highest BCUT2D eigenvalue weighted by Crippen LogP contribution is 2.38. The molecule has 0 fully saturated rings. The Bertz CT molecular complexity index is 1120. The van der Waals surface area contributed by atoms with Crippen molar-refractivity contribution in [3.63, 3.8) is 0 Å². The third-order valence-electron chi connectivity index (χ3n) is 5.41. The standard InChI is InChI=1S/C21H25N7O2/c1-28(2)21(29)13-6-4-12(5-7-13)18-19(22)23-11-24-20(18)26-16-8-14-10-25-27-15(14)9-17(16)30-3/h4,8-11,13H,5-7H2,1-3H3,(H,25,27)(H3,22,23,24,26). The van der Waals surface area contributed by atoms with Crippen LogP contribution in [0.25, 0.3) is 16.5 Å². The summed E-state index contributed by atoms with van der Waals surface area (Å²) in [6.45, 7) is 0. The fourth-order valence-electron chi connectivity index (χ4n) is 3.83. The maximum absolute atomic E-state index is 12.3. The molecule has 1 unspecified atom stereocenters. The summed E-state index contributed by atoms with van der Waals surface area (Å²) >= 11 is 0. The highest BCUT2D eigenvalue weighted by Gasteiger charge is 2.25. The molecule has 2 heterocycles. The van der Waals surface area contributed by atoms with Gasteiger partial charge < -0.3 is 20.7 Å². The number of allylic oxidation sites excluding steroid dienone is 2. The van der Waals surface area contributed by atoms with E-state index in [9.17, 15) is 4.79 Å². The molecule has 9 heteroatoms. The van der Waals surface area contributed by atoms with Crippen molar-refractivity contribution in [2.24, 2.45) is 5.92 Å². The second kappa shape index (κ2) is 8.02. The van der Waals surface area contributed by atoms with Gasteiger partial charge >= 0.3 is 0 Å². The second-order valence-corrected chi connectivity index (χ2v) is 7.55. The highest BCUT2D eigenvalue weighted by atomic mass is 16.5. The van der Waals surface area contributed by atoms with Crippen molar-refractivity contribution in [1.29, 1.82) is 0 Å². The minimum absolute atomic E-state index is 0.00499. The number of hydrogen-bond donors (Lipinski definition) is 3. The summed E-state index contributed by atoms with van der Waals surface area (Å²) < 4.78 is 5.53. The van der Waals surface area contributed by atoms with Gasteiger partial charge in [-0.2, -0.15) is 5.10 Å². The molecule has 3 aromatic rings. The molecule has 156 valence electrons. The molecule has 0 radical (unpaired) electrons. The van der Waals surface area contributed by atoms with E-state index in [-0.39, 0.29) is 11.8 Å². The lowest BCUT2D eigenvalue weighted by Gasteiger charge is -2.25. The van der Waals surface area contributed by atoms with Gasteiger partial charge in [-0.1, -0.05) is 6.08 Å². The Morgan fingerprint density at radius 2 is 2.17 bits per heavy atom. The number of hydrogen-bond acceptors (Lipinski definition) is 7. The molecular weight excluding hydrogens is 382 g/mol. The Hall–Kier alpha value is -3.62. The van der Waals surface area contributed by atoms with Crippen molar-refractivity contribution < 1.29 is 9.53 Å². The van der Waals surface area contributed by atoms with E-state index in [2.05, 4.69) is 31.6 Å². The molecule has 2 aromatic heterocycles. The molecule has 1 amide bonds. The number of methoxy groups -OCH3 is 1. The Balaban J connectivity index is 1.67. The predicted octanol–water partition coefficient (Wildman–Crippen LogP) is 2.96. The number of rotatable bonds is 5. The van der Waals surface area contributed by atoms with Crippen LogP contribution in [0.5, 0.6) is 5.75 Å². The SMILES string of the molecule is COc1cc2[nH]ncc2cc1Nc1ncnc(N)c1C1=CCC(C(=O)N(C)C)CC1. The van der Waals surface area contributed by atoms with Crippen molar-refractivity contribution in [3.05, 3.63) is 36.3 Å². The van der Waals surface area contributed by atoms with Gasteiger partial charge in [0.1, 0.15) is 23.7 Å². The quantitative estimate of drug-likeness (QED) is 0.594. The van der Waals surface area contributed by atoms with Gasteiger partial charge in [-0.05, 0) is 30.9 Å². The third kappa shape index (κ3) is 3.66. The maximum Gasteiger partial charge on any atom is 0.225 e. The first-order valence-corrected chi connectivity index (χ1v) is 9.77. The van der Waals surface area contributed by atoms with Crippen LogP contribution >= 0.6 is 0 Å². The summed E-state index contributed by atoms with van der Waals surface area (Å²) in [6.07, 6.45) is 7.43. The van der Waals surface area contributed by atoms with Crippen molar-refractivity contribution >= 4 is 39.7 Å². The lowest BCUT2D eigenvalue weighted by molar-refractivity contribution is -0.133. The van der Waals surface area contributed by atoms with Crippen LogP contribution in [-0.2, 0) is 4.79 Å². The van der Waals surface area contributed by atoms with Crippen LogP contribution in [0.1, 0.15) is 24.8 Å². The molecule has 0 aliphatic heterocycles. The number of fused-ring (bicyclic) bond motifs is 1. The number of aromatic nitrogens is 4. The molecule has 0 spiro atoms. The number of carbonyl (C=O) groups excluding carboxylic acids is 1. The molecule has 30 heavy (non-hydrogen) atoms. The second-order valence-electron chi connectivity index (χ2n) is 7.55. The first-order valence-electron chi connectivity index (χ1n) is 9.77. The number of nitrogens with two attached hydrogens (primary N) is 1. The minimum atomic E-state index is -0.00499. The van der Waals surface area contributed by atoms with Crippen molar-refractivity contribution in [2.45, 2.75) is 19.3 Å². The van der Waals surface area contributed by atoms with Gasteiger partial charge in [-0.3, -0.25) is 9.89 Å². The van der Waals surface area contributed by atoms with E-state index in [1.54, 1.807) is 32.3 Å². The van der Waals surface area contributed by atoms with Gasteiger partial charge in [-0.25, -0.2) is 9.97 Å². The molecule has 0 bridgehead atoms. The Morgan fingerprint density at radius 1 is 1.33 bits per heavy atom. The van der Waals surface area contributed by atoms with E-state index in [4.69, 9.17) is 10.5 Å². The van der Waals surface area contributed by atoms with Crippen LogP contribution in [0, 0.1) is 5.92 Å². The molecule has 4 N–H and O–H groups in total. The van der Waals surface area contributed by atoms with Gasteiger partial charge in [0, 0.05) is 31.5 Å². The number of nitrogens with one attached hydrogen (secondary N) is 2. The topological polar surface area (TPSA) is 122 Å². The number of ether oxygens (including phenoxy) is 1. The molecular formula is C21H25N7O2. The van der Waals surface area contributed by atoms with Crippen LogP contribution < -0.4 is 15.8 Å². The van der Waals surface area contributed by atoms with E-state index in [1.807, 2.05) is 12.1 Å². The first-order chi connectivity index (χ1) is 14.5. The summed E-state index contributed by atoms with van der Waals surface area (Å²) in [6, 6.07) is 3.83. The number of amides is 1. The van der Waals surface area contributed by atoms with E-state index in [0.717, 1.165) is 40.6 Å². The number of nitrogens with zero attached hydrogens (tertiary/aromatic N) is 4. The van der Waals surface area contributed by atoms with Crippen LogP contribution in [-0.4, -0.2) is 52.2 Å². The van der Waals surface area contributed by atoms with Gasteiger partial charge in [-0.15, -0.1) is 0 Å². The monoisotopic (exact) mass is 407 g/mol. The van der Waals surface area contributed by atoms with Crippen molar-refractivity contribution in [1.82, 2.24) is 25.1 Å². The Labute approximate surface area is 174 Å². The van der Waals surface area contributed by atoms with E-state index in [1.165, 1.54) is 6.33 Å². The average Bonchev–Trinajstić information content (AvgIpc) is 3.20.